The number of furan rings is 1. The van der Waals surface area contributed by atoms with Gasteiger partial charge in [0.05, 0.1) is 12.3 Å². The van der Waals surface area contributed by atoms with Crippen LogP contribution in [-0.4, -0.2) is 11.9 Å². The first kappa shape index (κ1) is 12.6. The zero-order valence-electron chi connectivity index (χ0n) is 10.6. The van der Waals surface area contributed by atoms with Crippen molar-refractivity contribution in [3.63, 3.8) is 0 Å². The molecule has 1 aromatic heterocycles. The largest absolute Gasteiger partial charge is 0.464 e. The minimum atomic E-state index is -0.321. The third kappa shape index (κ3) is 2.54. The van der Waals surface area contributed by atoms with E-state index in [0.717, 1.165) is 16.5 Å². The lowest BCUT2D eigenvalue weighted by Gasteiger charge is -2.18. The predicted octanol–water partition coefficient (Wildman–Crippen LogP) is 2.03. The van der Waals surface area contributed by atoms with Gasteiger partial charge >= 0.3 is 0 Å². The van der Waals surface area contributed by atoms with E-state index in [1.165, 1.54) is 0 Å². The number of nitrogens with two attached hydrogens (primary N) is 1. The van der Waals surface area contributed by atoms with Crippen LogP contribution in [0.2, 0.25) is 0 Å². The molecule has 0 fully saturated rings. The lowest BCUT2D eigenvalue weighted by atomic mass is 10.0. The number of benzene rings is 1. The van der Waals surface area contributed by atoms with E-state index in [-0.39, 0.29) is 17.9 Å². The van der Waals surface area contributed by atoms with Crippen LogP contribution in [0.4, 0.5) is 0 Å². The number of hydrogen-bond donors (Lipinski definition) is 2. The van der Waals surface area contributed by atoms with E-state index >= 15 is 0 Å². The number of para-hydroxylation sites is 1. The summed E-state index contributed by atoms with van der Waals surface area (Å²) in [4.78, 5) is 11.3. The highest BCUT2D eigenvalue weighted by Gasteiger charge is 2.19. The summed E-state index contributed by atoms with van der Waals surface area (Å²) < 4.78 is 5.45. The molecule has 1 heterocycles. The third-order valence-electron chi connectivity index (χ3n) is 3.05. The molecule has 96 valence electrons. The molecule has 0 radical (unpaired) electrons. The standard InChI is InChI=1S/C14H18N2O2/c1-9(2)13(14(15)17)16-7-10-8-18-12-6-4-3-5-11(10)12/h3-6,8-9,13,16H,7H2,1-2H3,(H2,15,17). The van der Waals surface area contributed by atoms with Crippen molar-refractivity contribution < 1.29 is 9.21 Å². The van der Waals surface area contributed by atoms with E-state index < -0.39 is 0 Å². The molecule has 0 aliphatic carbocycles. The van der Waals surface area contributed by atoms with Crippen LogP contribution in [0.15, 0.2) is 34.9 Å². The van der Waals surface area contributed by atoms with Gasteiger partial charge in [0.1, 0.15) is 5.58 Å². The van der Waals surface area contributed by atoms with E-state index in [2.05, 4.69) is 5.32 Å². The summed E-state index contributed by atoms with van der Waals surface area (Å²) in [6, 6.07) is 7.51. The molecule has 1 amide bonds. The molecule has 0 aliphatic rings. The van der Waals surface area contributed by atoms with E-state index in [0.29, 0.717) is 6.54 Å². The number of primary amides is 1. The molecular formula is C14H18N2O2. The number of nitrogens with one attached hydrogen (secondary N) is 1. The van der Waals surface area contributed by atoms with Crippen LogP contribution >= 0.6 is 0 Å². The summed E-state index contributed by atoms with van der Waals surface area (Å²) in [6.45, 7) is 4.51. The SMILES string of the molecule is CC(C)C(NCc1coc2ccccc12)C(N)=O. The van der Waals surface area contributed by atoms with Crippen molar-refractivity contribution in [2.75, 3.05) is 0 Å². The van der Waals surface area contributed by atoms with Gasteiger partial charge in [-0.15, -0.1) is 0 Å². The Morgan fingerprint density at radius 3 is 2.78 bits per heavy atom. The van der Waals surface area contributed by atoms with Crippen molar-refractivity contribution >= 4 is 16.9 Å². The van der Waals surface area contributed by atoms with Gasteiger partial charge in [-0.05, 0) is 12.0 Å². The number of carbonyl (C=O) groups excluding carboxylic acids is 1. The second-order valence-corrected chi connectivity index (χ2v) is 4.76. The van der Waals surface area contributed by atoms with Crippen molar-refractivity contribution in [1.82, 2.24) is 5.32 Å². The Kier molecular flexibility index (Phi) is 3.67. The van der Waals surface area contributed by atoms with Crippen LogP contribution in [0.3, 0.4) is 0 Å². The normalized spacial score (nSPS) is 13.1. The summed E-state index contributed by atoms with van der Waals surface area (Å²) in [5.41, 5.74) is 7.26. The summed E-state index contributed by atoms with van der Waals surface area (Å²) in [5, 5.41) is 4.25. The first-order valence-corrected chi connectivity index (χ1v) is 6.07. The molecule has 1 aromatic carbocycles. The Balaban J connectivity index is 2.12. The molecule has 0 spiro atoms. The summed E-state index contributed by atoms with van der Waals surface area (Å²) in [5.74, 6) is -0.154. The Morgan fingerprint density at radius 1 is 1.39 bits per heavy atom. The van der Waals surface area contributed by atoms with Crippen molar-refractivity contribution in [1.29, 1.82) is 0 Å². The molecule has 4 nitrogen and oxygen atoms in total. The topological polar surface area (TPSA) is 68.3 Å². The van der Waals surface area contributed by atoms with Crippen molar-refractivity contribution in [3.05, 3.63) is 36.1 Å². The summed E-state index contributed by atoms with van der Waals surface area (Å²) in [6.07, 6.45) is 1.72. The second kappa shape index (κ2) is 5.23. The van der Waals surface area contributed by atoms with Crippen LogP contribution in [-0.2, 0) is 11.3 Å². The molecule has 1 unspecified atom stereocenters. The average Bonchev–Trinajstić information content (AvgIpc) is 2.72. The third-order valence-corrected chi connectivity index (χ3v) is 3.05. The zero-order valence-corrected chi connectivity index (χ0v) is 10.6. The number of rotatable bonds is 5. The van der Waals surface area contributed by atoms with Gasteiger partial charge in [-0.2, -0.15) is 0 Å². The van der Waals surface area contributed by atoms with E-state index in [1.54, 1.807) is 6.26 Å². The monoisotopic (exact) mass is 246 g/mol. The summed E-state index contributed by atoms with van der Waals surface area (Å²) >= 11 is 0. The fourth-order valence-corrected chi connectivity index (χ4v) is 2.05. The quantitative estimate of drug-likeness (QED) is 0.848. The molecule has 1 atom stereocenters. The highest BCUT2D eigenvalue weighted by Crippen LogP contribution is 2.20. The maximum atomic E-state index is 11.3. The molecule has 0 saturated carbocycles. The van der Waals surface area contributed by atoms with E-state index in [4.69, 9.17) is 10.2 Å². The van der Waals surface area contributed by atoms with Gasteiger partial charge < -0.3 is 15.5 Å². The van der Waals surface area contributed by atoms with Crippen LogP contribution in [0.25, 0.3) is 11.0 Å². The molecule has 4 heteroatoms. The van der Waals surface area contributed by atoms with Gasteiger partial charge in [0, 0.05) is 17.5 Å². The number of hydrogen-bond acceptors (Lipinski definition) is 3. The first-order valence-electron chi connectivity index (χ1n) is 6.07. The van der Waals surface area contributed by atoms with Crippen LogP contribution in [0.1, 0.15) is 19.4 Å². The fraction of sp³-hybridized carbons (Fsp3) is 0.357. The summed E-state index contributed by atoms with van der Waals surface area (Å²) in [7, 11) is 0. The Hall–Kier alpha value is -1.81. The lowest BCUT2D eigenvalue weighted by molar-refractivity contribution is -0.121. The van der Waals surface area contributed by atoms with Gasteiger partial charge in [-0.25, -0.2) is 0 Å². The van der Waals surface area contributed by atoms with Gasteiger partial charge in [0.2, 0.25) is 5.91 Å². The molecular weight excluding hydrogens is 228 g/mol. The lowest BCUT2D eigenvalue weighted by Crippen LogP contribution is -2.44. The Bertz CT molecular complexity index is 545. The highest BCUT2D eigenvalue weighted by atomic mass is 16.3. The van der Waals surface area contributed by atoms with Crippen LogP contribution in [0.5, 0.6) is 0 Å². The second-order valence-electron chi connectivity index (χ2n) is 4.76. The van der Waals surface area contributed by atoms with Crippen molar-refractivity contribution in [3.8, 4) is 0 Å². The van der Waals surface area contributed by atoms with E-state index in [9.17, 15) is 4.79 Å². The highest BCUT2D eigenvalue weighted by molar-refractivity contribution is 5.81. The Morgan fingerprint density at radius 2 is 2.11 bits per heavy atom. The molecule has 0 bridgehead atoms. The molecule has 2 aromatic rings. The predicted molar refractivity (Wildman–Crippen MR) is 70.9 cm³/mol. The maximum Gasteiger partial charge on any atom is 0.234 e. The molecule has 18 heavy (non-hydrogen) atoms. The number of fused-ring (bicyclic) bond motifs is 1. The Labute approximate surface area is 106 Å². The van der Waals surface area contributed by atoms with Crippen molar-refractivity contribution in [2.45, 2.75) is 26.4 Å². The van der Waals surface area contributed by atoms with Crippen molar-refractivity contribution in [2.24, 2.45) is 11.7 Å². The zero-order chi connectivity index (χ0) is 13.1. The van der Waals surface area contributed by atoms with Gasteiger partial charge in [0.25, 0.3) is 0 Å². The molecule has 0 aliphatic heterocycles. The minimum absolute atomic E-state index is 0.167. The maximum absolute atomic E-state index is 11.3. The number of carbonyl (C=O) groups is 1. The smallest absolute Gasteiger partial charge is 0.234 e. The molecule has 3 N–H and O–H groups in total. The molecule has 0 saturated heterocycles. The van der Waals surface area contributed by atoms with Gasteiger partial charge in [-0.3, -0.25) is 4.79 Å². The van der Waals surface area contributed by atoms with E-state index in [1.807, 2.05) is 38.1 Å². The number of amides is 1. The first-order chi connectivity index (χ1) is 8.59. The van der Waals surface area contributed by atoms with Gasteiger partial charge in [-0.1, -0.05) is 32.0 Å². The van der Waals surface area contributed by atoms with Crippen LogP contribution in [0, 0.1) is 5.92 Å². The minimum Gasteiger partial charge on any atom is -0.464 e. The molecule has 2 rings (SSSR count). The fourth-order valence-electron chi connectivity index (χ4n) is 2.05. The average molecular weight is 246 g/mol. The van der Waals surface area contributed by atoms with Crippen LogP contribution < -0.4 is 11.1 Å². The van der Waals surface area contributed by atoms with Gasteiger partial charge in [0.15, 0.2) is 0 Å².